The van der Waals surface area contributed by atoms with Crippen LogP contribution >= 0.6 is 0 Å². The Balaban J connectivity index is 2.63. The van der Waals surface area contributed by atoms with Gasteiger partial charge in [0.1, 0.15) is 23.0 Å². The smallest absolute Gasteiger partial charge is 0.408 e. The summed E-state index contributed by atoms with van der Waals surface area (Å²) in [5, 5.41) is 15.5. The van der Waals surface area contributed by atoms with Crippen molar-refractivity contribution in [2.45, 2.75) is 71.8 Å². The molecule has 27 heavy (non-hydrogen) atoms. The molecule has 1 amide bonds. The summed E-state index contributed by atoms with van der Waals surface area (Å²) in [6.07, 6.45) is -0.346. The number of esters is 1. The number of aromatic hydroxyl groups is 1. The molecule has 0 saturated heterocycles. The van der Waals surface area contributed by atoms with Crippen LogP contribution in [0.4, 0.5) is 4.79 Å². The number of phenols is 1. The summed E-state index contributed by atoms with van der Waals surface area (Å²) < 4.78 is 10.6. The molecule has 1 rings (SSSR count). The summed E-state index contributed by atoms with van der Waals surface area (Å²) in [4.78, 5) is 24.5. The first-order valence-electron chi connectivity index (χ1n) is 9.07. The van der Waals surface area contributed by atoms with Gasteiger partial charge in [0, 0.05) is 12.1 Å². The number of carbonyl (C=O) groups excluding carboxylic acids is 2. The van der Waals surface area contributed by atoms with Crippen LogP contribution in [0.5, 0.6) is 5.75 Å². The monoisotopic (exact) mass is 380 g/mol. The molecule has 1 atom stereocenters. The zero-order chi connectivity index (χ0) is 20.7. The highest BCUT2D eigenvalue weighted by Gasteiger charge is 2.28. The second-order valence-electron chi connectivity index (χ2n) is 8.33. The Labute approximate surface area is 161 Å². The third-order valence-electron chi connectivity index (χ3n) is 3.30. The predicted octanol–water partition coefficient (Wildman–Crippen LogP) is 3.11. The molecule has 0 heterocycles. The summed E-state index contributed by atoms with van der Waals surface area (Å²) in [5.41, 5.74) is -0.564. The summed E-state index contributed by atoms with van der Waals surface area (Å²) in [7, 11) is 0. The van der Waals surface area contributed by atoms with Crippen molar-refractivity contribution in [2.75, 3.05) is 6.54 Å². The van der Waals surface area contributed by atoms with E-state index in [0.717, 1.165) is 5.56 Å². The highest BCUT2D eigenvalue weighted by Crippen LogP contribution is 2.15. The van der Waals surface area contributed by atoms with Crippen LogP contribution in [0.2, 0.25) is 0 Å². The lowest BCUT2D eigenvalue weighted by Gasteiger charge is -2.26. The van der Waals surface area contributed by atoms with E-state index in [1.807, 2.05) is 12.1 Å². The summed E-state index contributed by atoms with van der Waals surface area (Å²) >= 11 is 0. The van der Waals surface area contributed by atoms with Crippen molar-refractivity contribution in [1.82, 2.24) is 10.6 Å². The Hall–Kier alpha value is -2.28. The number of ether oxygens (including phenoxy) is 2. The molecule has 7 nitrogen and oxygen atoms in total. The van der Waals surface area contributed by atoms with Crippen molar-refractivity contribution < 1.29 is 24.2 Å². The molecular formula is C20H32N2O5. The van der Waals surface area contributed by atoms with Gasteiger partial charge < -0.3 is 25.2 Å². The fourth-order valence-electron chi connectivity index (χ4n) is 2.20. The van der Waals surface area contributed by atoms with Crippen molar-refractivity contribution in [3.8, 4) is 5.75 Å². The molecule has 0 fully saturated rings. The van der Waals surface area contributed by atoms with Crippen molar-refractivity contribution in [1.29, 1.82) is 0 Å². The fourth-order valence-corrected chi connectivity index (χ4v) is 2.20. The van der Waals surface area contributed by atoms with Gasteiger partial charge in [-0.2, -0.15) is 0 Å². The first kappa shape index (κ1) is 22.8. The largest absolute Gasteiger partial charge is 0.508 e. The normalized spacial score (nSPS) is 13.0. The molecule has 0 radical (unpaired) electrons. The first-order valence-corrected chi connectivity index (χ1v) is 9.07. The number of nitrogens with one attached hydrogen (secondary N) is 2. The number of phenolic OH excluding ortho intramolecular Hbond substituents is 1. The number of carbonyl (C=O) groups is 2. The quantitative estimate of drug-likeness (QED) is 0.497. The van der Waals surface area contributed by atoms with Crippen LogP contribution in [0.3, 0.4) is 0 Å². The molecular weight excluding hydrogens is 348 g/mol. The molecule has 7 heteroatoms. The number of alkyl carbamates (subject to hydrolysis) is 1. The Bertz CT molecular complexity index is 632. The van der Waals surface area contributed by atoms with Crippen molar-refractivity contribution >= 4 is 12.1 Å². The van der Waals surface area contributed by atoms with Gasteiger partial charge in [0.25, 0.3) is 0 Å². The van der Waals surface area contributed by atoms with Gasteiger partial charge in [-0.25, -0.2) is 9.59 Å². The standard InChI is InChI=1S/C20H32N2O5/c1-19(2,3)26-17(24)15(22-18(25)27-20(4,5)6)11-12-21-13-14-9-7-8-10-16(14)23/h7-10,15,21,23H,11-13H2,1-6H3,(H,22,25)/t15-/m1/s1. The first-order chi connectivity index (χ1) is 12.4. The zero-order valence-electron chi connectivity index (χ0n) is 17.1. The lowest BCUT2D eigenvalue weighted by Crippen LogP contribution is -2.47. The highest BCUT2D eigenvalue weighted by atomic mass is 16.6. The minimum Gasteiger partial charge on any atom is -0.508 e. The van der Waals surface area contributed by atoms with E-state index in [1.54, 1.807) is 53.7 Å². The van der Waals surface area contributed by atoms with Crippen LogP contribution in [-0.4, -0.2) is 41.0 Å². The van der Waals surface area contributed by atoms with Gasteiger partial charge in [0.2, 0.25) is 0 Å². The van der Waals surface area contributed by atoms with E-state index in [0.29, 0.717) is 19.5 Å². The minimum atomic E-state index is -0.837. The van der Waals surface area contributed by atoms with Crippen LogP contribution in [0.1, 0.15) is 53.5 Å². The van der Waals surface area contributed by atoms with E-state index >= 15 is 0 Å². The van der Waals surface area contributed by atoms with Crippen LogP contribution < -0.4 is 10.6 Å². The molecule has 1 aromatic rings. The van der Waals surface area contributed by atoms with Gasteiger partial charge in [0.15, 0.2) is 0 Å². The van der Waals surface area contributed by atoms with E-state index < -0.39 is 29.3 Å². The van der Waals surface area contributed by atoms with E-state index in [-0.39, 0.29) is 5.75 Å². The molecule has 0 aromatic heterocycles. The molecule has 3 N–H and O–H groups in total. The lowest BCUT2D eigenvalue weighted by molar-refractivity contribution is -0.157. The van der Waals surface area contributed by atoms with Crippen LogP contribution in [0.25, 0.3) is 0 Å². The second kappa shape index (κ2) is 9.60. The lowest BCUT2D eigenvalue weighted by atomic mass is 10.1. The molecule has 1 aromatic carbocycles. The zero-order valence-corrected chi connectivity index (χ0v) is 17.1. The summed E-state index contributed by atoms with van der Waals surface area (Å²) in [6, 6.07) is 6.18. The Kier molecular flexibility index (Phi) is 8.09. The van der Waals surface area contributed by atoms with E-state index in [1.165, 1.54) is 0 Å². The Morgan fingerprint density at radius 2 is 1.63 bits per heavy atom. The van der Waals surface area contributed by atoms with Gasteiger partial charge in [0.05, 0.1) is 0 Å². The molecule has 0 unspecified atom stereocenters. The van der Waals surface area contributed by atoms with E-state index in [4.69, 9.17) is 9.47 Å². The van der Waals surface area contributed by atoms with Gasteiger partial charge in [-0.1, -0.05) is 18.2 Å². The summed E-state index contributed by atoms with van der Waals surface area (Å²) in [6.45, 7) is 11.5. The van der Waals surface area contributed by atoms with Gasteiger partial charge >= 0.3 is 12.1 Å². The van der Waals surface area contributed by atoms with E-state index in [2.05, 4.69) is 10.6 Å². The SMILES string of the molecule is CC(C)(C)OC(=O)N[C@H](CCNCc1ccccc1O)C(=O)OC(C)(C)C. The average Bonchev–Trinajstić information content (AvgIpc) is 2.48. The highest BCUT2D eigenvalue weighted by molar-refractivity contribution is 5.81. The molecule has 0 bridgehead atoms. The van der Waals surface area contributed by atoms with Crippen molar-refractivity contribution in [3.63, 3.8) is 0 Å². The molecule has 152 valence electrons. The number of rotatable bonds is 7. The van der Waals surface area contributed by atoms with Crippen LogP contribution in [0, 0.1) is 0 Å². The van der Waals surface area contributed by atoms with E-state index in [9.17, 15) is 14.7 Å². The number of hydrogen-bond acceptors (Lipinski definition) is 6. The Morgan fingerprint density at radius 3 is 2.19 bits per heavy atom. The van der Waals surface area contributed by atoms with Crippen LogP contribution in [-0.2, 0) is 20.8 Å². The number of benzene rings is 1. The number of para-hydroxylation sites is 1. The molecule has 0 spiro atoms. The maximum absolute atomic E-state index is 12.4. The van der Waals surface area contributed by atoms with Gasteiger partial charge in [-0.3, -0.25) is 0 Å². The topological polar surface area (TPSA) is 96.9 Å². The third kappa shape index (κ3) is 9.84. The molecule has 0 aliphatic rings. The molecule has 0 aliphatic carbocycles. The number of hydrogen-bond donors (Lipinski definition) is 3. The average molecular weight is 380 g/mol. The van der Waals surface area contributed by atoms with Gasteiger partial charge in [-0.15, -0.1) is 0 Å². The predicted molar refractivity (Wildman–Crippen MR) is 103 cm³/mol. The van der Waals surface area contributed by atoms with Gasteiger partial charge in [-0.05, 0) is 60.6 Å². The molecule has 0 aliphatic heterocycles. The van der Waals surface area contributed by atoms with Crippen molar-refractivity contribution in [2.24, 2.45) is 0 Å². The van der Waals surface area contributed by atoms with Crippen LogP contribution in [0.15, 0.2) is 24.3 Å². The fraction of sp³-hybridized carbons (Fsp3) is 0.600. The molecule has 0 saturated carbocycles. The Morgan fingerprint density at radius 1 is 1.04 bits per heavy atom. The second-order valence-corrected chi connectivity index (χ2v) is 8.33. The summed E-state index contributed by atoms with van der Waals surface area (Å²) in [5.74, 6) is -0.307. The minimum absolute atomic E-state index is 0.209. The number of amides is 1. The maximum Gasteiger partial charge on any atom is 0.408 e. The maximum atomic E-state index is 12.4. The third-order valence-corrected chi connectivity index (χ3v) is 3.30. The van der Waals surface area contributed by atoms with Crippen molar-refractivity contribution in [3.05, 3.63) is 29.8 Å².